The summed E-state index contributed by atoms with van der Waals surface area (Å²) in [6, 6.07) is 5.63. The highest BCUT2D eigenvalue weighted by Gasteiger charge is 2.18. The van der Waals surface area contributed by atoms with E-state index in [1.807, 2.05) is 18.2 Å². The molecular weight excluding hydrogens is 232 g/mol. The molecule has 0 aliphatic carbocycles. The summed E-state index contributed by atoms with van der Waals surface area (Å²) in [4.78, 5) is 11.2. The second-order valence-electron chi connectivity index (χ2n) is 3.98. The molecule has 0 saturated heterocycles. The summed E-state index contributed by atoms with van der Waals surface area (Å²) in [6.07, 6.45) is 3.06. The first-order chi connectivity index (χ1) is 8.68. The predicted octanol–water partition coefficient (Wildman–Crippen LogP) is 1.66. The van der Waals surface area contributed by atoms with Gasteiger partial charge in [0.15, 0.2) is 0 Å². The summed E-state index contributed by atoms with van der Waals surface area (Å²) in [5.41, 5.74) is 2.34. The summed E-state index contributed by atoms with van der Waals surface area (Å²) in [6.45, 7) is 0. The monoisotopic (exact) mass is 242 g/mol. The third-order valence-electron chi connectivity index (χ3n) is 2.90. The van der Waals surface area contributed by atoms with Crippen molar-refractivity contribution in [2.45, 2.75) is 0 Å². The van der Waals surface area contributed by atoms with Crippen LogP contribution in [0.4, 0.5) is 0 Å². The van der Waals surface area contributed by atoms with Gasteiger partial charge in [0.25, 0.3) is 0 Å². The lowest BCUT2D eigenvalue weighted by molar-refractivity contribution is 0.0697. The van der Waals surface area contributed by atoms with Gasteiger partial charge in [-0.2, -0.15) is 10.2 Å². The van der Waals surface area contributed by atoms with E-state index >= 15 is 0 Å². The molecule has 0 unspecified atom stereocenters. The molecule has 6 nitrogen and oxygen atoms in total. The quantitative estimate of drug-likeness (QED) is 0.715. The zero-order valence-electron chi connectivity index (χ0n) is 9.58. The van der Waals surface area contributed by atoms with E-state index in [1.54, 1.807) is 17.9 Å². The second-order valence-corrected chi connectivity index (χ2v) is 3.98. The normalized spacial score (nSPS) is 10.9. The lowest BCUT2D eigenvalue weighted by Crippen LogP contribution is -2.01. The van der Waals surface area contributed by atoms with E-state index in [9.17, 15) is 9.90 Å². The fourth-order valence-corrected chi connectivity index (χ4v) is 2.08. The van der Waals surface area contributed by atoms with E-state index in [2.05, 4.69) is 15.3 Å². The number of fused-ring (bicyclic) bond motifs is 1. The fourth-order valence-electron chi connectivity index (χ4n) is 2.08. The minimum absolute atomic E-state index is 0.180. The molecule has 6 heteroatoms. The lowest BCUT2D eigenvalue weighted by Gasteiger charge is -2.05. The van der Waals surface area contributed by atoms with Crippen molar-refractivity contribution in [2.24, 2.45) is 7.05 Å². The number of hydrogen-bond acceptors (Lipinski definition) is 3. The minimum atomic E-state index is -0.991. The van der Waals surface area contributed by atoms with Crippen molar-refractivity contribution >= 4 is 16.9 Å². The Hall–Kier alpha value is -2.63. The average Bonchev–Trinajstić information content (AvgIpc) is 2.94. The fraction of sp³-hybridized carbons (Fsp3) is 0.0833. The highest BCUT2D eigenvalue weighted by atomic mass is 16.4. The molecule has 0 fully saturated rings. The number of rotatable bonds is 2. The van der Waals surface area contributed by atoms with E-state index < -0.39 is 5.97 Å². The zero-order valence-corrected chi connectivity index (χ0v) is 9.58. The lowest BCUT2D eigenvalue weighted by atomic mass is 10.1. The molecule has 0 spiro atoms. The number of aromatic nitrogens is 4. The van der Waals surface area contributed by atoms with Crippen molar-refractivity contribution in [3.63, 3.8) is 0 Å². The summed E-state index contributed by atoms with van der Waals surface area (Å²) in [5, 5.41) is 21.0. The van der Waals surface area contributed by atoms with Crippen molar-refractivity contribution in [3.05, 3.63) is 36.2 Å². The van der Waals surface area contributed by atoms with Gasteiger partial charge in [-0.1, -0.05) is 18.2 Å². The van der Waals surface area contributed by atoms with Crippen molar-refractivity contribution in [2.75, 3.05) is 0 Å². The molecule has 3 rings (SSSR count). The maximum atomic E-state index is 11.2. The highest BCUT2D eigenvalue weighted by Crippen LogP contribution is 2.29. The van der Waals surface area contributed by atoms with Gasteiger partial charge in [-0.05, 0) is 0 Å². The smallest absolute Gasteiger partial charge is 0.339 e. The number of carboxylic acids is 1. The molecule has 3 aromatic rings. The van der Waals surface area contributed by atoms with Gasteiger partial charge in [-0.3, -0.25) is 9.78 Å². The number of para-hydroxylation sites is 1. The Bertz CT molecular complexity index is 741. The van der Waals surface area contributed by atoms with E-state index in [4.69, 9.17) is 0 Å². The van der Waals surface area contributed by atoms with Gasteiger partial charge in [0.1, 0.15) is 5.56 Å². The third-order valence-corrected chi connectivity index (χ3v) is 2.90. The molecule has 90 valence electrons. The highest BCUT2D eigenvalue weighted by molar-refractivity contribution is 6.00. The van der Waals surface area contributed by atoms with Gasteiger partial charge >= 0.3 is 5.97 Å². The van der Waals surface area contributed by atoms with Crippen LogP contribution in [0.15, 0.2) is 30.6 Å². The molecule has 2 heterocycles. The molecular formula is C12H10N4O2. The number of aryl methyl sites for hydroxylation is 1. The van der Waals surface area contributed by atoms with Crippen LogP contribution < -0.4 is 0 Å². The van der Waals surface area contributed by atoms with Crippen LogP contribution in [0.5, 0.6) is 0 Å². The van der Waals surface area contributed by atoms with Gasteiger partial charge in [-0.25, -0.2) is 4.79 Å². The zero-order chi connectivity index (χ0) is 12.7. The van der Waals surface area contributed by atoms with E-state index in [0.29, 0.717) is 5.69 Å². The molecule has 0 saturated carbocycles. The number of hydrogen-bond donors (Lipinski definition) is 2. The van der Waals surface area contributed by atoms with Crippen LogP contribution >= 0.6 is 0 Å². The first-order valence-corrected chi connectivity index (χ1v) is 5.36. The summed E-state index contributed by atoms with van der Waals surface area (Å²) < 4.78 is 1.55. The Kier molecular flexibility index (Phi) is 2.16. The molecule has 0 aliphatic heterocycles. The van der Waals surface area contributed by atoms with Crippen molar-refractivity contribution in [3.8, 4) is 11.3 Å². The summed E-state index contributed by atoms with van der Waals surface area (Å²) in [5.74, 6) is -0.991. The Labute approximate surface area is 102 Å². The summed E-state index contributed by atoms with van der Waals surface area (Å²) in [7, 11) is 1.72. The number of aromatic carboxylic acids is 1. The van der Waals surface area contributed by atoms with Gasteiger partial charge in [0.05, 0.1) is 23.6 Å². The third kappa shape index (κ3) is 1.39. The van der Waals surface area contributed by atoms with Crippen LogP contribution in [0.25, 0.3) is 22.2 Å². The number of carbonyl (C=O) groups is 1. The molecule has 2 N–H and O–H groups in total. The van der Waals surface area contributed by atoms with Gasteiger partial charge in [-0.15, -0.1) is 0 Å². The number of nitrogens with one attached hydrogen (secondary N) is 1. The topological polar surface area (TPSA) is 83.8 Å². The number of carboxylic acid groups (broad SMARTS) is 1. The van der Waals surface area contributed by atoms with E-state index in [1.165, 1.54) is 6.20 Å². The molecule has 0 bridgehead atoms. The molecule has 0 atom stereocenters. The second kappa shape index (κ2) is 3.69. The first kappa shape index (κ1) is 10.5. The Morgan fingerprint density at radius 1 is 1.39 bits per heavy atom. The maximum absolute atomic E-state index is 11.2. The SMILES string of the molecule is Cn1ncc(C(=O)O)c1-c1cccc2cn[nH]c12. The minimum Gasteiger partial charge on any atom is -0.478 e. The molecule has 0 amide bonds. The molecule has 0 radical (unpaired) electrons. The van der Waals surface area contributed by atoms with Crippen LogP contribution in [-0.4, -0.2) is 31.1 Å². The number of H-pyrrole nitrogens is 1. The maximum Gasteiger partial charge on any atom is 0.339 e. The predicted molar refractivity (Wildman–Crippen MR) is 65.3 cm³/mol. The molecule has 2 aromatic heterocycles. The number of nitrogens with zero attached hydrogens (tertiary/aromatic N) is 3. The van der Waals surface area contributed by atoms with Gasteiger partial charge < -0.3 is 5.11 Å². The van der Waals surface area contributed by atoms with Crippen molar-refractivity contribution in [1.82, 2.24) is 20.0 Å². The van der Waals surface area contributed by atoms with Crippen molar-refractivity contribution in [1.29, 1.82) is 0 Å². The molecule has 0 aliphatic rings. The number of aromatic amines is 1. The molecule has 18 heavy (non-hydrogen) atoms. The Balaban J connectivity index is 2.36. The van der Waals surface area contributed by atoms with Crippen LogP contribution in [0.3, 0.4) is 0 Å². The van der Waals surface area contributed by atoms with Gasteiger partial charge in [0.2, 0.25) is 0 Å². The first-order valence-electron chi connectivity index (χ1n) is 5.36. The standard InChI is InChI=1S/C12H10N4O2/c1-16-11(9(6-14-16)12(17)18)8-4-2-3-7-5-13-15-10(7)8/h2-6H,1H3,(H,13,15)(H,17,18). The van der Waals surface area contributed by atoms with Crippen molar-refractivity contribution < 1.29 is 9.90 Å². The van der Waals surface area contributed by atoms with Crippen LogP contribution in [0.2, 0.25) is 0 Å². The summed E-state index contributed by atoms with van der Waals surface area (Å²) >= 11 is 0. The van der Waals surface area contributed by atoms with E-state index in [-0.39, 0.29) is 5.56 Å². The molecule has 1 aromatic carbocycles. The Morgan fingerprint density at radius 2 is 2.22 bits per heavy atom. The van der Waals surface area contributed by atoms with Crippen LogP contribution in [-0.2, 0) is 7.05 Å². The largest absolute Gasteiger partial charge is 0.478 e. The van der Waals surface area contributed by atoms with Crippen LogP contribution in [0.1, 0.15) is 10.4 Å². The Morgan fingerprint density at radius 3 is 3.00 bits per heavy atom. The van der Waals surface area contributed by atoms with E-state index in [0.717, 1.165) is 16.5 Å². The van der Waals surface area contributed by atoms with Crippen LogP contribution in [0, 0.1) is 0 Å². The van der Waals surface area contributed by atoms with Gasteiger partial charge in [0, 0.05) is 18.0 Å². The number of benzene rings is 1. The average molecular weight is 242 g/mol.